The lowest BCUT2D eigenvalue weighted by atomic mass is 9.82. The number of aromatic nitrogens is 1. The van der Waals surface area contributed by atoms with Crippen molar-refractivity contribution in [3.05, 3.63) is 15.6 Å². The van der Waals surface area contributed by atoms with E-state index in [1.807, 2.05) is 20.8 Å². The van der Waals surface area contributed by atoms with Crippen molar-refractivity contribution in [1.82, 2.24) is 15.2 Å². The number of halogens is 2. The molecule has 0 radical (unpaired) electrons. The lowest BCUT2D eigenvalue weighted by Gasteiger charge is -2.33. The third-order valence-electron chi connectivity index (χ3n) is 6.68. The molecule has 0 unspecified atom stereocenters. The zero-order valence-corrected chi connectivity index (χ0v) is 19.7. The number of fused-ring (bicyclic) bond motifs is 1. The highest BCUT2D eigenvalue weighted by Gasteiger charge is 2.47. The highest BCUT2D eigenvalue weighted by Crippen LogP contribution is 2.49. The highest BCUT2D eigenvalue weighted by atomic mass is 32.1. The molecule has 0 saturated heterocycles. The molecule has 0 aromatic carbocycles. The maximum Gasteiger partial charge on any atom is 0.407 e. The van der Waals surface area contributed by atoms with Crippen LogP contribution in [0.1, 0.15) is 87.2 Å². The second-order valence-corrected chi connectivity index (χ2v) is 11.7. The largest absolute Gasteiger partial charge is 0.444 e. The molecule has 2 aliphatic carbocycles. The normalized spacial score (nSPS) is 26.7. The number of carbonyl (C=O) groups is 1. The fourth-order valence-corrected chi connectivity index (χ4v) is 6.07. The Kier molecular flexibility index (Phi) is 6.59. The van der Waals surface area contributed by atoms with E-state index in [1.165, 1.54) is 11.3 Å². The number of amides is 1. The number of nitrogens with one attached hydrogen (secondary N) is 1. The van der Waals surface area contributed by atoms with Crippen molar-refractivity contribution < 1.29 is 18.3 Å². The Hall–Kier alpha value is -1.28. The first-order valence-corrected chi connectivity index (χ1v) is 12.5. The Bertz CT molecular complexity index is 776. The van der Waals surface area contributed by atoms with Crippen molar-refractivity contribution in [2.45, 2.75) is 102 Å². The minimum absolute atomic E-state index is 0.0332. The number of alkyl carbamates (subject to hydrolysis) is 1. The van der Waals surface area contributed by atoms with Gasteiger partial charge in [-0.2, -0.15) is 0 Å². The van der Waals surface area contributed by atoms with Crippen LogP contribution in [0.5, 0.6) is 0 Å². The summed E-state index contributed by atoms with van der Waals surface area (Å²) in [6.07, 6.45) is 6.07. The Morgan fingerprint density at radius 3 is 2.61 bits per heavy atom. The topological polar surface area (TPSA) is 54.5 Å². The third kappa shape index (κ3) is 6.15. The smallest absolute Gasteiger partial charge is 0.407 e. The molecule has 5 nitrogen and oxygen atoms in total. The monoisotopic (exact) mass is 455 g/mol. The van der Waals surface area contributed by atoms with Crippen molar-refractivity contribution >= 4 is 17.4 Å². The van der Waals surface area contributed by atoms with Gasteiger partial charge >= 0.3 is 6.09 Å². The minimum Gasteiger partial charge on any atom is -0.444 e. The fraction of sp³-hybridized carbons (Fsp3) is 0.826. The quantitative estimate of drug-likeness (QED) is 0.638. The molecule has 1 aliphatic heterocycles. The lowest BCUT2D eigenvalue weighted by molar-refractivity contribution is -0.0868. The Balaban J connectivity index is 1.17. The van der Waals surface area contributed by atoms with Gasteiger partial charge < -0.3 is 10.1 Å². The van der Waals surface area contributed by atoms with Gasteiger partial charge in [-0.05, 0) is 71.8 Å². The first kappa shape index (κ1) is 22.9. The van der Waals surface area contributed by atoms with E-state index >= 15 is 0 Å². The van der Waals surface area contributed by atoms with Crippen molar-refractivity contribution in [3.8, 4) is 0 Å². The van der Waals surface area contributed by atoms with Gasteiger partial charge in [0.1, 0.15) is 5.60 Å². The molecule has 2 saturated carbocycles. The number of nitrogens with zero attached hydrogens (tertiary/aromatic N) is 2. The van der Waals surface area contributed by atoms with Crippen molar-refractivity contribution in [3.63, 3.8) is 0 Å². The van der Waals surface area contributed by atoms with Crippen LogP contribution in [0.3, 0.4) is 0 Å². The van der Waals surface area contributed by atoms with Gasteiger partial charge in [0, 0.05) is 42.8 Å². The molecule has 31 heavy (non-hydrogen) atoms. The van der Waals surface area contributed by atoms with Crippen LogP contribution >= 0.6 is 11.3 Å². The first-order chi connectivity index (χ1) is 14.6. The second-order valence-electron chi connectivity index (χ2n) is 10.6. The SMILES string of the molecule is CC(C)(C)OC(=O)NC1CCC(CCN2CCc3sc(C4CC(F)(F)C4)nc3C2)CC1. The van der Waals surface area contributed by atoms with E-state index in [0.29, 0.717) is 5.92 Å². The Morgan fingerprint density at radius 1 is 1.26 bits per heavy atom. The molecule has 1 aromatic rings. The molecule has 0 spiro atoms. The van der Waals surface area contributed by atoms with Crippen molar-refractivity contribution in [2.24, 2.45) is 5.92 Å². The molecule has 8 heteroatoms. The minimum atomic E-state index is -2.48. The van der Waals surface area contributed by atoms with E-state index in [-0.39, 0.29) is 30.9 Å². The van der Waals surface area contributed by atoms with Crippen molar-refractivity contribution in [2.75, 3.05) is 13.1 Å². The number of alkyl halides is 2. The highest BCUT2D eigenvalue weighted by molar-refractivity contribution is 7.11. The predicted octanol–water partition coefficient (Wildman–Crippen LogP) is 5.49. The van der Waals surface area contributed by atoms with E-state index in [9.17, 15) is 13.6 Å². The zero-order valence-electron chi connectivity index (χ0n) is 18.9. The van der Waals surface area contributed by atoms with Crippen LogP contribution in [-0.4, -0.2) is 46.6 Å². The van der Waals surface area contributed by atoms with Crippen LogP contribution < -0.4 is 5.32 Å². The second kappa shape index (κ2) is 8.93. The maximum atomic E-state index is 13.2. The number of rotatable bonds is 5. The summed E-state index contributed by atoms with van der Waals surface area (Å²) < 4.78 is 31.7. The van der Waals surface area contributed by atoms with E-state index in [4.69, 9.17) is 9.72 Å². The van der Waals surface area contributed by atoms with Crippen LogP contribution in [-0.2, 0) is 17.7 Å². The Morgan fingerprint density at radius 2 is 1.97 bits per heavy atom. The number of carbonyl (C=O) groups excluding carboxylic acids is 1. The molecule has 4 rings (SSSR count). The van der Waals surface area contributed by atoms with Crippen LogP contribution in [0.2, 0.25) is 0 Å². The van der Waals surface area contributed by atoms with Crippen LogP contribution in [0.4, 0.5) is 13.6 Å². The van der Waals surface area contributed by atoms with Crippen LogP contribution in [0, 0.1) is 5.92 Å². The molecule has 0 atom stereocenters. The summed E-state index contributed by atoms with van der Waals surface area (Å²) in [7, 11) is 0. The van der Waals surface area contributed by atoms with Gasteiger partial charge in [0.25, 0.3) is 0 Å². The molecule has 174 valence electrons. The number of hydrogen-bond acceptors (Lipinski definition) is 5. The standard InChI is InChI=1S/C23H35F2N3O2S/c1-22(2,3)30-21(29)26-17-6-4-15(5-7-17)8-10-28-11-9-19-18(14-28)27-20(31-19)16-12-23(24,25)13-16/h15-17H,4-14H2,1-3H3,(H,26,29). The molecule has 3 aliphatic rings. The summed E-state index contributed by atoms with van der Waals surface area (Å²) in [5.74, 6) is -1.82. The summed E-state index contributed by atoms with van der Waals surface area (Å²) in [5.41, 5.74) is 0.656. The zero-order chi connectivity index (χ0) is 22.2. The van der Waals surface area contributed by atoms with E-state index in [1.54, 1.807) is 11.3 Å². The molecule has 1 N–H and O–H groups in total. The van der Waals surface area contributed by atoms with E-state index in [2.05, 4.69) is 10.2 Å². The van der Waals surface area contributed by atoms with Gasteiger partial charge in [0.2, 0.25) is 5.92 Å². The van der Waals surface area contributed by atoms with Crippen LogP contribution in [0.15, 0.2) is 0 Å². The van der Waals surface area contributed by atoms with Gasteiger partial charge in [-0.15, -0.1) is 11.3 Å². The number of thiazole rings is 1. The summed E-state index contributed by atoms with van der Waals surface area (Å²) in [6, 6.07) is 0.218. The van der Waals surface area contributed by atoms with Gasteiger partial charge in [0.05, 0.1) is 10.7 Å². The summed E-state index contributed by atoms with van der Waals surface area (Å²) in [5, 5.41) is 3.94. The van der Waals surface area contributed by atoms with Gasteiger partial charge in [-0.3, -0.25) is 4.90 Å². The number of hydrogen-bond donors (Lipinski definition) is 1. The predicted molar refractivity (Wildman–Crippen MR) is 118 cm³/mol. The molecule has 2 fully saturated rings. The van der Waals surface area contributed by atoms with Gasteiger partial charge in [-0.25, -0.2) is 18.6 Å². The number of ether oxygens (including phenoxy) is 1. The molecule has 1 amide bonds. The Labute approximate surface area is 187 Å². The van der Waals surface area contributed by atoms with Gasteiger partial charge in [0.15, 0.2) is 0 Å². The third-order valence-corrected chi connectivity index (χ3v) is 8.00. The maximum absolute atomic E-state index is 13.2. The van der Waals surface area contributed by atoms with Gasteiger partial charge in [-0.1, -0.05) is 0 Å². The molecular weight excluding hydrogens is 420 g/mol. The first-order valence-electron chi connectivity index (χ1n) is 11.6. The molecule has 1 aromatic heterocycles. The molecule has 2 heterocycles. The fourth-order valence-electron chi connectivity index (χ4n) is 4.91. The van der Waals surface area contributed by atoms with E-state index < -0.39 is 11.5 Å². The average Bonchev–Trinajstić information content (AvgIpc) is 3.07. The summed E-state index contributed by atoms with van der Waals surface area (Å²) >= 11 is 1.66. The summed E-state index contributed by atoms with van der Waals surface area (Å²) in [6.45, 7) is 8.58. The van der Waals surface area contributed by atoms with Crippen LogP contribution in [0.25, 0.3) is 0 Å². The molecular formula is C23H35F2N3O2S. The van der Waals surface area contributed by atoms with Crippen molar-refractivity contribution in [1.29, 1.82) is 0 Å². The van der Waals surface area contributed by atoms with E-state index in [0.717, 1.165) is 62.4 Å². The molecule has 0 bridgehead atoms. The lowest BCUT2D eigenvalue weighted by Crippen LogP contribution is -2.41. The average molecular weight is 456 g/mol. The summed E-state index contributed by atoms with van der Waals surface area (Å²) in [4.78, 5) is 20.5.